The number of nitrogens with zero attached hydrogens (tertiary/aromatic N) is 3. The second-order valence-corrected chi connectivity index (χ2v) is 6.91. The van der Waals surface area contributed by atoms with Gasteiger partial charge in [0.05, 0.1) is 5.60 Å². The molecule has 0 bridgehead atoms. The highest BCUT2D eigenvalue weighted by atomic mass is 16.3. The minimum atomic E-state index is -0.582. The number of H-pyrrole nitrogens is 1. The van der Waals surface area contributed by atoms with Crippen LogP contribution in [0.25, 0.3) is 11.3 Å². The molecule has 2 aromatic rings. The molecular formula is C18H22N4O2. The molecule has 1 aliphatic heterocycles. The van der Waals surface area contributed by atoms with Gasteiger partial charge in [-0.2, -0.15) is 15.4 Å². The largest absolute Gasteiger partial charge is 0.389 e. The summed E-state index contributed by atoms with van der Waals surface area (Å²) in [6, 6.07) is 9.59. The highest BCUT2D eigenvalue weighted by molar-refractivity contribution is 5.97. The molecule has 0 spiro atoms. The first-order valence-electron chi connectivity index (χ1n) is 8.65. The third-order valence-electron chi connectivity index (χ3n) is 5.58. The summed E-state index contributed by atoms with van der Waals surface area (Å²) < 4.78 is 0. The number of hydrogen-bond acceptors (Lipinski definition) is 4. The zero-order chi connectivity index (χ0) is 16.6. The van der Waals surface area contributed by atoms with Crippen molar-refractivity contribution in [3.05, 3.63) is 36.0 Å². The number of amides is 1. The summed E-state index contributed by atoms with van der Waals surface area (Å²) in [6.45, 7) is 1.15. The van der Waals surface area contributed by atoms with Crippen LogP contribution in [0.5, 0.6) is 0 Å². The molecule has 2 aliphatic rings. The van der Waals surface area contributed by atoms with Crippen LogP contribution in [0, 0.1) is 5.92 Å². The van der Waals surface area contributed by atoms with E-state index in [4.69, 9.17) is 0 Å². The van der Waals surface area contributed by atoms with Crippen molar-refractivity contribution in [3.8, 4) is 11.3 Å². The molecule has 1 amide bonds. The average Bonchev–Trinajstić information content (AvgIpc) is 3.03. The predicted molar refractivity (Wildman–Crippen MR) is 89.2 cm³/mol. The van der Waals surface area contributed by atoms with Crippen molar-refractivity contribution in [2.75, 3.05) is 13.1 Å². The molecule has 0 atom stereocenters. The lowest BCUT2D eigenvalue weighted by atomic mass is 9.69. The molecule has 1 saturated heterocycles. The second-order valence-electron chi connectivity index (χ2n) is 6.91. The number of carbonyl (C=O) groups is 1. The van der Waals surface area contributed by atoms with Crippen molar-refractivity contribution >= 4 is 5.91 Å². The summed E-state index contributed by atoms with van der Waals surface area (Å²) in [6.07, 6.45) is 4.76. The van der Waals surface area contributed by atoms with Gasteiger partial charge >= 0.3 is 0 Å². The van der Waals surface area contributed by atoms with Gasteiger partial charge in [-0.15, -0.1) is 0 Å². The third kappa shape index (κ3) is 2.60. The number of nitrogens with one attached hydrogen (secondary N) is 1. The van der Waals surface area contributed by atoms with Crippen LogP contribution in [0.4, 0.5) is 0 Å². The van der Waals surface area contributed by atoms with Gasteiger partial charge in [0.1, 0.15) is 5.69 Å². The zero-order valence-electron chi connectivity index (χ0n) is 13.6. The van der Waals surface area contributed by atoms with E-state index in [0.717, 1.165) is 18.4 Å². The maximum Gasteiger partial charge on any atom is 0.276 e. The summed E-state index contributed by atoms with van der Waals surface area (Å²) in [5.74, 6) is 0.306. The highest BCUT2D eigenvalue weighted by Gasteiger charge is 2.43. The number of benzene rings is 1. The van der Waals surface area contributed by atoms with Crippen molar-refractivity contribution < 1.29 is 9.90 Å². The van der Waals surface area contributed by atoms with Gasteiger partial charge in [0, 0.05) is 18.7 Å². The molecule has 1 saturated carbocycles. The minimum absolute atomic E-state index is 0.113. The Morgan fingerprint density at radius 2 is 1.88 bits per heavy atom. The highest BCUT2D eigenvalue weighted by Crippen LogP contribution is 2.42. The Morgan fingerprint density at radius 3 is 2.50 bits per heavy atom. The Morgan fingerprint density at radius 1 is 1.17 bits per heavy atom. The molecule has 4 rings (SSSR count). The van der Waals surface area contributed by atoms with Gasteiger partial charge in [-0.3, -0.25) is 4.79 Å². The van der Waals surface area contributed by atoms with Gasteiger partial charge in [0.15, 0.2) is 5.69 Å². The number of likely N-dealkylation sites (tertiary alicyclic amines) is 1. The minimum Gasteiger partial charge on any atom is -0.389 e. The van der Waals surface area contributed by atoms with E-state index in [1.807, 2.05) is 30.3 Å². The van der Waals surface area contributed by atoms with Crippen LogP contribution in [-0.4, -0.2) is 50.0 Å². The molecule has 24 heavy (non-hydrogen) atoms. The van der Waals surface area contributed by atoms with Gasteiger partial charge in [-0.25, -0.2) is 0 Å². The molecular weight excluding hydrogens is 304 g/mol. The van der Waals surface area contributed by atoms with Crippen molar-refractivity contribution in [1.82, 2.24) is 20.3 Å². The molecule has 2 heterocycles. The SMILES string of the molecule is O=C(c1n[nH]nc1-c1ccccc1)N1CCC(O)(C2CCC2)CC1. The summed E-state index contributed by atoms with van der Waals surface area (Å²) in [5.41, 5.74) is 1.23. The monoisotopic (exact) mass is 326 g/mol. The number of carbonyl (C=O) groups excluding carboxylic acids is 1. The van der Waals surface area contributed by atoms with E-state index in [9.17, 15) is 9.90 Å². The maximum atomic E-state index is 12.8. The molecule has 0 unspecified atom stereocenters. The maximum absolute atomic E-state index is 12.8. The van der Waals surface area contributed by atoms with E-state index in [1.165, 1.54) is 6.42 Å². The lowest BCUT2D eigenvalue weighted by molar-refractivity contribution is -0.0862. The lowest BCUT2D eigenvalue weighted by Crippen LogP contribution is -2.52. The molecule has 2 N–H and O–H groups in total. The number of rotatable bonds is 3. The summed E-state index contributed by atoms with van der Waals surface area (Å²) in [4.78, 5) is 14.6. The number of aliphatic hydroxyl groups is 1. The van der Waals surface area contributed by atoms with Crippen molar-refractivity contribution in [2.24, 2.45) is 5.92 Å². The van der Waals surface area contributed by atoms with Gasteiger partial charge in [-0.05, 0) is 31.6 Å². The van der Waals surface area contributed by atoms with Gasteiger partial charge in [0.2, 0.25) is 0 Å². The van der Waals surface area contributed by atoms with Crippen LogP contribution in [0.2, 0.25) is 0 Å². The molecule has 1 aliphatic carbocycles. The summed E-state index contributed by atoms with van der Waals surface area (Å²) in [7, 11) is 0. The van der Waals surface area contributed by atoms with Crippen LogP contribution in [-0.2, 0) is 0 Å². The fourth-order valence-corrected chi connectivity index (χ4v) is 3.78. The molecule has 1 aromatic heterocycles. The molecule has 126 valence electrons. The Labute approximate surface area is 140 Å². The first-order chi connectivity index (χ1) is 11.7. The fourth-order valence-electron chi connectivity index (χ4n) is 3.78. The average molecular weight is 326 g/mol. The smallest absolute Gasteiger partial charge is 0.276 e. The van der Waals surface area contributed by atoms with Crippen LogP contribution < -0.4 is 0 Å². The topological polar surface area (TPSA) is 82.1 Å². The van der Waals surface area contributed by atoms with E-state index >= 15 is 0 Å². The molecule has 2 fully saturated rings. The number of aromatic amines is 1. The molecule has 1 aromatic carbocycles. The number of aromatic nitrogens is 3. The normalized spacial score (nSPS) is 20.6. The van der Waals surface area contributed by atoms with Crippen LogP contribution in [0.15, 0.2) is 30.3 Å². The number of piperidine rings is 1. The fraction of sp³-hybridized carbons (Fsp3) is 0.500. The summed E-state index contributed by atoms with van der Waals surface area (Å²) in [5, 5.41) is 21.6. The van der Waals surface area contributed by atoms with Gasteiger partial charge < -0.3 is 10.0 Å². The first-order valence-corrected chi connectivity index (χ1v) is 8.65. The molecule has 6 nitrogen and oxygen atoms in total. The van der Waals surface area contributed by atoms with E-state index in [2.05, 4.69) is 15.4 Å². The van der Waals surface area contributed by atoms with Crippen molar-refractivity contribution in [2.45, 2.75) is 37.7 Å². The standard InChI is InChI=1S/C18H22N4O2/c23-17(16-15(19-21-20-16)13-5-2-1-3-6-13)22-11-9-18(24,10-12-22)14-7-4-8-14/h1-3,5-6,14,24H,4,7-12H2,(H,19,20,21). The molecule has 6 heteroatoms. The Balaban J connectivity index is 1.49. The van der Waals surface area contributed by atoms with E-state index in [-0.39, 0.29) is 5.91 Å². The Hall–Kier alpha value is -2.21. The summed E-state index contributed by atoms with van der Waals surface area (Å²) >= 11 is 0. The second kappa shape index (κ2) is 6.02. The van der Waals surface area contributed by atoms with Crippen molar-refractivity contribution in [3.63, 3.8) is 0 Å². The third-order valence-corrected chi connectivity index (χ3v) is 5.58. The molecule has 0 radical (unpaired) electrons. The van der Waals surface area contributed by atoms with Crippen LogP contribution >= 0.6 is 0 Å². The van der Waals surface area contributed by atoms with E-state index < -0.39 is 5.60 Å². The lowest BCUT2D eigenvalue weighted by Gasteiger charge is -2.46. The van der Waals surface area contributed by atoms with Crippen LogP contribution in [0.1, 0.15) is 42.6 Å². The van der Waals surface area contributed by atoms with E-state index in [1.54, 1.807) is 4.90 Å². The van der Waals surface area contributed by atoms with E-state index in [0.29, 0.717) is 43.2 Å². The number of hydrogen-bond donors (Lipinski definition) is 2. The van der Waals surface area contributed by atoms with Crippen molar-refractivity contribution in [1.29, 1.82) is 0 Å². The Bertz CT molecular complexity index is 716. The Kier molecular flexibility index (Phi) is 3.84. The first kappa shape index (κ1) is 15.3. The van der Waals surface area contributed by atoms with Gasteiger partial charge in [-0.1, -0.05) is 36.8 Å². The zero-order valence-corrected chi connectivity index (χ0v) is 13.6. The van der Waals surface area contributed by atoms with Crippen LogP contribution in [0.3, 0.4) is 0 Å². The predicted octanol–water partition coefficient (Wildman–Crippen LogP) is 2.24. The quantitative estimate of drug-likeness (QED) is 0.906. The van der Waals surface area contributed by atoms with Gasteiger partial charge in [0.25, 0.3) is 5.91 Å².